The van der Waals surface area contributed by atoms with Crippen molar-refractivity contribution in [3.05, 3.63) is 148 Å². The lowest BCUT2D eigenvalue weighted by Gasteiger charge is -2.55. The van der Waals surface area contributed by atoms with E-state index in [1.54, 1.807) is 0 Å². The fourth-order valence-electron chi connectivity index (χ4n) is 9.54. The van der Waals surface area contributed by atoms with Crippen LogP contribution in [0, 0.1) is 37.5 Å². The predicted molar refractivity (Wildman–Crippen MR) is 192 cm³/mol. The van der Waals surface area contributed by atoms with Gasteiger partial charge in [0.1, 0.15) is 5.75 Å². The van der Waals surface area contributed by atoms with E-state index in [1.165, 1.54) is 11.0 Å². The Labute approximate surface area is 292 Å². The number of hydrogen-bond acceptors (Lipinski definition) is 5. The molecule has 0 unspecified atom stereocenters. The number of aryl methyl sites for hydroxylation is 3. The summed E-state index contributed by atoms with van der Waals surface area (Å²) in [6.07, 6.45) is 5.08. The topological polar surface area (TPSA) is 91.8 Å². The van der Waals surface area contributed by atoms with Crippen molar-refractivity contribution in [3.8, 4) is 5.75 Å². The van der Waals surface area contributed by atoms with E-state index in [0.717, 1.165) is 28.7 Å². The first kappa shape index (κ1) is 31.9. The van der Waals surface area contributed by atoms with E-state index in [9.17, 15) is 14.7 Å². The third-order valence-electron chi connectivity index (χ3n) is 11.8. The van der Waals surface area contributed by atoms with Crippen LogP contribution in [0.4, 0.5) is 5.69 Å². The van der Waals surface area contributed by atoms with Crippen molar-refractivity contribution in [3.63, 3.8) is 0 Å². The fourth-order valence-corrected chi connectivity index (χ4v) is 9.54. The van der Waals surface area contributed by atoms with Crippen molar-refractivity contribution in [2.24, 2.45) is 23.7 Å². The Morgan fingerprint density at radius 1 is 0.800 bits per heavy atom. The monoisotopic (exact) mass is 661 g/mol. The summed E-state index contributed by atoms with van der Waals surface area (Å²) in [6.45, 7) is 5.74. The number of imide groups is 1. The van der Waals surface area contributed by atoms with Gasteiger partial charge < -0.3 is 5.11 Å². The first-order chi connectivity index (χ1) is 24.2. The van der Waals surface area contributed by atoms with E-state index in [4.69, 9.17) is 0 Å². The SMILES string of the molecule is CCc1ccc(N2C(=O)[C@H]3[C@H](CC=C4[C@H]3C[C@H]3C(=O)C(c5ccccc5)=CC(=O)[C@@]3(c3ccccc3)[C@H]4c3cc(C)c(O)c(C)c3)C2=O)cc1. The number of nitrogens with zero attached hydrogens (tertiary/aromatic N) is 1. The molecule has 4 aromatic rings. The summed E-state index contributed by atoms with van der Waals surface area (Å²) in [5, 5.41) is 10.9. The third-order valence-corrected chi connectivity index (χ3v) is 11.8. The molecule has 0 spiro atoms. The largest absolute Gasteiger partial charge is 0.507 e. The summed E-state index contributed by atoms with van der Waals surface area (Å²) in [5.41, 5.74) is 5.22. The predicted octanol–water partition coefficient (Wildman–Crippen LogP) is 7.60. The number of carbonyl (C=O) groups excluding carboxylic acids is 4. The van der Waals surface area contributed by atoms with Crippen LogP contribution in [-0.4, -0.2) is 28.5 Å². The van der Waals surface area contributed by atoms with Crippen molar-refractivity contribution in [1.82, 2.24) is 0 Å². The zero-order chi connectivity index (χ0) is 34.9. The lowest BCUT2D eigenvalue weighted by Crippen LogP contribution is -2.58. The van der Waals surface area contributed by atoms with Crippen LogP contribution >= 0.6 is 0 Å². The molecule has 4 aliphatic rings. The van der Waals surface area contributed by atoms with Gasteiger partial charge in [-0.2, -0.15) is 0 Å². The summed E-state index contributed by atoms with van der Waals surface area (Å²) in [4.78, 5) is 60.3. The van der Waals surface area contributed by atoms with E-state index in [1.807, 2.05) is 111 Å². The second-order valence-electron chi connectivity index (χ2n) is 14.3. The van der Waals surface area contributed by atoms with Gasteiger partial charge in [-0.05, 0) is 90.6 Å². The Morgan fingerprint density at radius 2 is 1.44 bits per heavy atom. The van der Waals surface area contributed by atoms with Gasteiger partial charge in [0.05, 0.1) is 22.9 Å². The Bertz CT molecular complexity index is 2110. The molecule has 3 aliphatic carbocycles. The number of anilines is 1. The van der Waals surface area contributed by atoms with Gasteiger partial charge in [-0.15, -0.1) is 0 Å². The Morgan fingerprint density at radius 3 is 2.08 bits per heavy atom. The molecular weight excluding hydrogens is 622 g/mol. The number of aromatic hydroxyl groups is 1. The number of phenolic OH excluding ortho intramolecular Hbond substituents is 1. The molecule has 1 heterocycles. The highest BCUT2D eigenvalue weighted by Gasteiger charge is 2.66. The minimum atomic E-state index is -1.30. The van der Waals surface area contributed by atoms with Gasteiger partial charge in [0.2, 0.25) is 11.8 Å². The van der Waals surface area contributed by atoms with Gasteiger partial charge in [-0.1, -0.05) is 104 Å². The van der Waals surface area contributed by atoms with Gasteiger partial charge in [0.15, 0.2) is 11.6 Å². The molecule has 4 aromatic carbocycles. The van der Waals surface area contributed by atoms with Crippen LogP contribution in [0.25, 0.3) is 5.57 Å². The molecule has 1 saturated carbocycles. The number of carbonyl (C=O) groups is 4. The van der Waals surface area contributed by atoms with E-state index in [0.29, 0.717) is 34.4 Å². The maximum Gasteiger partial charge on any atom is 0.238 e. The molecule has 6 atom stereocenters. The van der Waals surface area contributed by atoms with Gasteiger partial charge in [0.25, 0.3) is 0 Å². The molecule has 50 heavy (non-hydrogen) atoms. The Hall–Kier alpha value is -5.36. The van der Waals surface area contributed by atoms with Crippen LogP contribution in [0.2, 0.25) is 0 Å². The summed E-state index contributed by atoms with van der Waals surface area (Å²) in [7, 11) is 0. The lowest BCUT2D eigenvalue weighted by molar-refractivity contribution is -0.135. The second-order valence-corrected chi connectivity index (χ2v) is 14.3. The van der Waals surface area contributed by atoms with Gasteiger partial charge in [-0.25, -0.2) is 0 Å². The number of rotatable bonds is 5. The molecule has 0 radical (unpaired) electrons. The zero-order valence-electron chi connectivity index (χ0n) is 28.4. The highest BCUT2D eigenvalue weighted by molar-refractivity contribution is 6.32. The van der Waals surface area contributed by atoms with Crippen LogP contribution in [0.5, 0.6) is 5.75 Å². The van der Waals surface area contributed by atoms with E-state index >= 15 is 9.59 Å². The minimum absolute atomic E-state index is 0.137. The van der Waals surface area contributed by atoms with Crippen LogP contribution in [-0.2, 0) is 31.0 Å². The summed E-state index contributed by atoms with van der Waals surface area (Å²) >= 11 is 0. The summed E-state index contributed by atoms with van der Waals surface area (Å²) < 4.78 is 0. The first-order valence-corrected chi connectivity index (χ1v) is 17.5. The maximum absolute atomic E-state index is 15.2. The molecule has 6 nitrogen and oxygen atoms in total. The third kappa shape index (κ3) is 4.54. The zero-order valence-corrected chi connectivity index (χ0v) is 28.4. The smallest absolute Gasteiger partial charge is 0.238 e. The van der Waals surface area contributed by atoms with Crippen molar-refractivity contribution in [2.75, 3.05) is 4.90 Å². The van der Waals surface area contributed by atoms with Crippen molar-refractivity contribution in [2.45, 2.75) is 51.4 Å². The van der Waals surface area contributed by atoms with Crippen molar-refractivity contribution < 1.29 is 24.3 Å². The molecule has 0 aromatic heterocycles. The molecule has 250 valence electrons. The molecule has 2 fully saturated rings. The van der Waals surface area contributed by atoms with Crippen molar-refractivity contribution in [1.29, 1.82) is 0 Å². The van der Waals surface area contributed by atoms with E-state index in [-0.39, 0.29) is 35.6 Å². The molecule has 8 rings (SSSR count). The number of amides is 2. The number of allylic oxidation sites excluding steroid dienone is 4. The first-order valence-electron chi connectivity index (χ1n) is 17.5. The van der Waals surface area contributed by atoms with Crippen LogP contribution in [0.3, 0.4) is 0 Å². The quantitative estimate of drug-likeness (QED) is 0.176. The lowest BCUT2D eigenvalue weighted by atomic mass is 9.44. The number of Topliss-reactive ketones (excluding diaryl/α,β-unsaturated/α-hetero) is 1. The standard InChI is InChI=1S/C44H39NO5/c1-4-27-15-17-31(18-16-27)45-42(49)33-20-19-32-35(38(33)43(45)50)23-36-41(48)34(28-11-7-5-8-12-28)24-37(46)44(36,30-13-9-6-10-14-30)39(32)29-21-25(2)40(47)26(3)22-29/h5-19,21-22,24,33,35-36,38-39,47H,4,20,23H2,1-3H3/t33-,35+,36-,38-,39-,44-/m0/s1. The summed E-state index contributed by atoms with van der Waals surface area (Å²) in [5.74, 6) is -3.68. The minimum Gasteiger partial charge on any atom is -0.507 e. The Kier molecular flexibility index (Phi) is 7.59. The van der Waals surface area contributed by atoms with Gasteiger partial charge in [-0.3, -0.25) is 24.1 Å². The molecule has 2 amide bonds. The summed E-state index contributed by atoms with van der Waals surface area (Å²) in [6, 6.07) is 30.3. The number of hydrogen-bond donors (Lipinski definition) is 1. The fraction of sp³-hybridized carbons (Fsp3) is 0.273. The number of fused-ring (bicyclic) bond motifs is 4. The number of benzene rings is 4. The van der Waals surface area contributed by atoms with Gasteiger partial charge in [0, 0.05) is 17.4 Å². The molecule has 1 saturated heterocycles. The Balaban J connectivity index is 1.36. The number of ketones is 2. The van der Waals surface area contributed by atoms with Gasteiger partial charge >= 0.3 is 0 Å². The van der Waals surface area contributed by atoms with Crippen LogP contribution in [0.15, 0.2) is 115 Å². The average molecular weight is 662 g/mol. The molecule has 1 aliphatic heterocycles. The average Bonchev–Trinajstić information content (AvgIpc) is 3.40. The molecular formula is C44H39NO5. The van der Waals surface area contributed by atoms with Crippen LogP contribution < -0.4 is 4.90 Å². The van der Waals surface area contributed by atoms with E-state index in [2.05, 4.69) is 13.0 Å². The number of phenols is 1. The maximum atomic E-state index is 15.2. The van der Waals surface area contributed by atoms with Crippen molar-refractivity contribution >= 4 is 34.6 Å². The van der Waals surface area contributed by atoms with E-state index < -0.39 is 35.0 Å². The highest BCUT2D eigenvalue weighted by Crippen LogP contribution is 2.64. The molecule has 1 N–H and O–H groups in total. The second kappa shape index (κ2) is 11.9. The normalized spacial score (nSPS) is 27.3. The van der Waals surface area contributed by atoms with Crippen LogP contribution in [0.1, 0.15) is 59.1 Å². The highest BCUT2D eigenvalue weighted by atomic mass is 16.3. The molecule has 6 heteroatoms. The molecule has 0 bridgehead atoms.